The van der Waals surface area contributed by atoms with E-state index in [1.807, 2.05) is 0 Å². The van der Waals surface area contributed by atoms with Crippen molar-refractivity contribution in [3.63, 3.8) is 0 Å². The third-order valence-electron chi connectivity index (χ3n) is 5.27. The van der Waals surface area contributed by atoms with Gasteiger partial charge in [-0.3, -0.25) is 9.69 Å². The maximum Gasteiger partial charge on any atom is 0.416 e. The largest absolute Gasteiger partial charge is 0.416 e. The Hall–Kier alpha value is -2.46. The molecule has 0 spiro atoms. The normalized spacial score (nSPS) is 21.2. The number of hydrogen-bond donors (Lipinski definition) is 1. The summed E-state index contributed by atoms with van der Waals surface area (Å²) in [6.45, 7) is 5.13. The third-order valence-corrected chi connectivity index (χ3v) is 5.27. The van der Waals surface area contributed by atoms with Gasteiger partial charge >= 0.3 is 6.18 Å². The molecule has 1 unspecified atom stereocenters. The maximum atomic E-state index is 12.9. The lowest BCUT2D eigenvalue weighted by Crippen LogP contribution is -2.49. The topological polar surface area (TPSA) is 66.3 Å². The van der Waals surface area contributed by atoms with Crippen molar-refractivity contribution >= 4 is 5.91 Å². The number of benzene rings is 1. The van der Waals surface area contributed by atoms with Gasteiger partial charge in [0.05, 0.1) is 17.4 Å². The highest BCUT2D eigenvalue weighted by atomic mass is 19.4. The Morgan fingerprint density at radius 2 is 1.96 bits per heavy atom. The number of rotatable bonds is 3. The van der Waals surface area contributed by atoms with E-state index in [9.17, 15) is 18.0 Å². The summed E-state index contributed by atoms with van der Waals surface area (Å²) in [5.74, 6) is -0.240. The van der Waals surface area contributed by atoms with Crippen LogP contribution in [0.1, 0.15) is 22.5 Å². The van der Waals surface area contributed by atoms with E-state index in [0.717, 1.165) is 44.7 Å². The maximum absolute atomic E-state index is 12.9. The van der Waals surface area contributed by atoms with Crippen LogP contribution in [-0.4, -0.2) is 76.0 Å². The summed E-state index contributed by atoms with van der Waals surface area (Å²) in [4.78, 5) is 16.9. The minimum atomic E-state index is -4.44. The Morgan fingerprint density at radius 3 is 2.71 bits per heavy atom. The molecule has 2 aliphatic heterocycles. The molecule has 150 valence electrons. The SMILES string of the molecule is O=C(c1cn(-c2cccc(C(F)(F)F)c2)nn1)N1CCC(N2CCNCC2)C1. The van der Waals surface area contributed by atoms with E-state index < -0.39 is 11.7 Å². The van der Waals surface area contributed by atoms with Crippen LogP contribution in [0.5, 0.6) is 0 Å². The third kappa shape index (κ3) is 3.88. The first-order chi connectivity index (χ1) is 13.4. The number of carbonyl (C=O) groups is 1. The highest BCUT2D eigenvalue weighted by Crippen LogP contribution is 2.30. The first-order valence-corrected chi connectivity index (χ1v) is 9.26. The number of amides is 1. The number of nitrogens with zero attached hydrogens (tertiary/aromatic N) is 5. The van der Waals surface area contributed by atoms with E-state index >= 15 is 0 Å². The van der Waals surface area contributed by atoms with Crippen LogP contribution in [0, 0.1) is 0 Å². The van der Waals surface area contributed by atoms with Crippen LogP contribution in [0.3, 0.4) is 0 Å². The van der Waals surface area contributed by atoms with Crippen molar-refractivity contribution in [2.45, 2.75) is 18.6 Å². The highest BCUT2D eigenvalue weighted by molar-refractivity contribution is 5.92. The minimum Gasteiger partial charge on any atom is -0.336 e. The fourth-order valence-electron chi connectivity index (χ4n) is 3.75. The first-order valence-electron chi connectivity index (χ1n) is 9.26. The predicted molar refractivity (Wildman–Crippen MR) is 95.1 cm³/mol. The number of nitrogens with one attached hydrogen (secondary N) is 1. The summed E-state index contributed by atoms with van der Waals surface area (Å²) >= 11 is 0. The second kappa shape index (κ2) is 7.51. The van der Waals surface area contributed by atoms with Gasteiger partial charge in [0.25, 0.3) is 5.91 Å². The Balaban J connectivity index is 1.45. The minimum absolute atomic E-state index is 0.137. The van der Waals surface area contributed by atoms with E-state index in [4.69, 9.17) is 0 Å². The van der Waals surface area contributed by atoms with Crippen LogP contribution in [0.25, 0.3) is 5.69 Å². The highest BCUT2D eigenvalue weighted by Gasteiger charge is 2.33. The predicted octanol–water partition coefficient (Wildman–Crippen LogP) is 1.41. The number of halogens is 3. The summed E-state index contributed by atoms with van der Waals surface area (Å²) < 4.78 is 39.9. The molecule has 10 heteroatoms. The zero-order valence-electron chi connectivity index (χ0n) is 15.2. The van der Waals surface area contributed by atoms with Crippen molar-refractivity contribution in [3.05, 3.63) is 41.7 Å². The van der Waals surface area contributed by atoms with Gasteiger partial charge < -0.3 is 10.2 Å². The molecule has 1 amide bonds. The molecule has 1 N–H and O–H groups in total. The Labute approximate surface area is 160 Å². The summed E-state index contributed by atoms with van der Waals surface area (Å²) in [5.41, 5.74) is -0.424. The van der Waals surface area contributed by atoms with Gasteiger partial charge in [-0.05, 0) is 24.6 Å². The van der Waals surface area contributed by atoms with Crippen LogP contribution in [0.2, 0.25) is 0 Å². The van der Waals surface area contributed by atoms with Gasteiger partial charge in [0.1, 0.15) is 0 Å². The molecule has 3 heterocycles. The van der Waals surface area contributed by atoms with Crippen molar-refractivity contribution in [2.24, 2.45) is 0 Å². The van der Waals surface area contributed by atoms with Gasteiger partial charge in [-0.15, -0.1) is 5.10 Å². The average Bonchev–Trinajstić information content (AvgIpc) is 3.38. The van der Waals surface area contributed by atoms with E-state index in [1.54, 1.807) is 4.90 Å². The van der Waals surface area contributed by atoms with Crippen molar-refractivity contribution < 1.29 is 18.0 Å². The van der Waals surface area contributed by atoms with Gasteiger partial charge in [0, 0.05) is 45.3 Å². The molecule has 0 aliphatic carbocycles. The molecular formula is C18H21F3N6O. The van der Waals surface area contributed by atoms with Crippen LogP contribution in [-0.2, 0) is 6.18 Å². The molecule has 7 nitrogen and oxygen atoms in total. The number of aromatic nitrogens is 3. The molecule has 0 bridgehead atoms. The fraction of sp³-hybridized carbons (Fsp3) is 0.500. The molecular weight excluding hydrogens is 373 g/mol. The Bertz CT molecular complexity index is 846. The standard InChI is InChI=1S/C18H21F3N6O/c19-18(20,21)13-2-1-3-14(10-13)27-12-16(23-24-27)17(28)26-7-4-15(11-26)25-8-5-22-6-9-25/h1-3,10,12,15,22H,4-9,11H2. The number of alkyl halides is 3. The van der Waals surface area contributed by atoms with Gasteiger partial charge in [0.15, 0.2) is 5.69 Å². The van der Waals surface area contributed by atoms with Crippen molar-refractivity contribution in [2.75, 3.05) is 39.3 Å². The van der Waals surface area contributed by atoms with Crippen molar-refractivity contribution in [1.29, 1.82) is 0 Å². The van der Waals surface area contributed by atoms with Gasteiger partial charge in [-0.25, -0.2) is 4.68 Å². The lowest BCUT2D eigenvalue weighted by molar-refractivity contribution is -0.137. The van der Waals surface area contributed by atoms with Crippen LogP contribution < -0.4 is 5.32 Å². The molecule has 0 radical (unpaired) electrons. The number of carbonyl (C=O) groups excluding carboxylic acids is 1. The summed E-state index contributed by atoms with van der Waals surface area (Å²) in [6, 6.07) is 5.12. The van der Waals surface area contributed by atoms with Gasteiger partial charge in [0.2, 0.25) is 0 Å². The Kier molecular flexibility index (Phi) is 5.07. The molecule has 28 heavy (non-hydrogen) atoms. The Morgan fingerprint density at radius 1 is 1.18 bits per heavy atom. The zero-order chi connectivity index (χ0) is 19.7. The molecule has 1 aromatic carbocycles. The van der Waals surface area contributed by atoms with E-state index in [0.29, 0.717) is 19.1 Å². The van der Waals surface area contributed by atoms with Crippen molar-refractivity contribution in [3.8, 4) is 5.69 Å². The molecule has 2 saturated heterocycles. The second-order valence-electron chi connectivity index (χ2n) is 7.08. The van der Waals surface area contributed by atoms with Gasteiger partial charge in [-0.2, -0.15) is 13.2 Å². The zero-order valence-corrected chi connectivity index (χ0v) is 15.2. The van der Waals surface area contributed by atoms with E-state index in [2.05, 4.69) is 20.5 Å². The first kappa shape index (κ1) is 18.9. The van der Waals surface area contributed by atoms with Crippen LogP contribution in [0.4, 0.5) is 13.2 Å². The van der Waals surface area contributed by atoms with E-state index in [-0.39, 0.29) is 17.3 Å². The average molecular weight is 394 g/mol. The fourth-order valence-corrected chi connectivity index (χ4v) is 3.75. The molecule has 2 aliphatic rings. The molecule has 1 atom stereocenters. The van der Waals surface area contributed by atoms with Crippen LogP contribution in [0.15, 0.2) is 30.5 Å². The monoisotopic (exact) mass is 394 g/mol. The molecule has 1 aromatic heterocycles. The lowest BCUT2D eigenvalue weighted by atomic mass is 10.2. The number of hydrogen-bond acceptors (Lipinski definition) is 5. The molecule has 4 rings (SSSR count). The molecule has 2 aromatic rings. The summed E-state index contributed by atoms with van der Waals surface area (Å²) in [6.07, 6.45) is -2.15. The number of piperazine rings is 1. The second-order valence-corrected chi connectivity index (χ2v) is 7.08. The lowest BCUT2D eigenvalue weighted by Gasteiger charge is -2.32. The molecule has 2 fully saturated rings. The quantitative estimate of drug-likeness (QED) is 0.853. The smallest absolute Gasteiger partial charge is 0.336 e. The summed E-state index contributed by atoms with van der Waals surface area (Å²) in [5, 5.41) is 11.0. The molecule has 0 saturated carbocycles. The van der Waals surface area contributed by atoms with E-state index in [1.165, 1.54) is 23.0 Å². The summed E-state index contributed by atoms with van der Waals surface area (Å²) in [7, 11) is 0. The number of likely N-dealkylation sites (tertiary alicyclic amines) is 1. The van der Waals surface area contributed by atoms with Crippen LogP contribution >= 0.6 is 0 Å². The van der Waals surface area contributed by atoms with Gasteiger partial charge in [-0.1, -0.05) is 11.3 Å². The van der Waals surface area contributed by atoms with Crippen molar-refractivity contribution in [1.82, 2.24) is 30.1 Å².